The molecule has 18 heavy (non-hydrogen) atoms. The van der Waals surface area contributed by atoms with E-state index in [4.69, 9.17) is 11.5 Å². The van der Waals surface area contributed by atoms with Gasteiger partial charge in [-0.05, 0) is 18.3 Å². The lowest BCUT2D eigenvalue weighted by molar-refractivity contribution is -0.137. The monoisotopic (exact) mass is 254 g/mol. The maximum absolute atomic E-state index is 11.3. The summed E-state index contributed by atoms with van der Waals surface area (Å²) in [6, 6.07) is 0. The van der Waals surface area contributed by atoms with Gasteiger partial charge in [0.2, 0.25) is 5.91 Å². The summed E-state index contributed by atoms with van der Waals surface area (Å²) in [7, 11) is 0. The first-order valence-corrected chi connectivity index (χ1v) is 6.00. The van der Waals surface area contributed by atoms with Gasteiger partial charge in [0.15, 0.2) is 0 Å². The molecule has 0 aliphatic rings. The van der Waals surface area contributed by atoms with Gasteiger partial charge in [0.1, 0.15) is 0 Å². The van der Waals surface area contributed by atoms with Crippen LogP contribution in [0.3, 0.4) is 0 Å². The number of nitrogens with one attached hydrogen (secondary N) is 2. The summed E-state index contributed by atoms with van der Waals surface area (Å²) in [6.07, 6.45) is 6.55. The lowest BCUT2D eigenvalue weighted by Crippen LogP contribution is -2.35. The van der Waals surface area contributed by atoms with Gasteiger partial charge in [0.05, 0.1) is 13.1 Å². The van der Waals surface area contributed by atoms with E-state index < -0.39 is 5.97 Å². The van der Waals surface area contributed by atoms with Crippen molar-refractivity contribution in [2.75, 3.05) is 19.6 Å². The second-order valence-corrected chi connectivity index (χ2v) is 4.97. The number of amides is 1. The molecule has 0 rings (SSSR count). The van der Waals surface area contributed by atoms with Gasteiger partial charge in [0, 0.05) is 13.0 Å². The third-order valence-electron chi connectivity index (χ3n) is 2.65. The summed E-state index contributed by atoms with van der Waals surface area (Å²) in [5, 5.41) is 14.2. The van der Waals surface area contributed by atoms with Gasteiger partial charge >= 0.3 is 5.97 Å². The first-order valence-electron chi connectivity index (χ1n) is 6.00. The van der Waals surface area contributed by atoms with E-state index in [0.717, 1.165) is 6.42 Å². The Morgan fingerprint density at radius 3 is 2.56 bits per heavy atom. The van der Waals surface area contributed by atoms with Crippen molar-refractivity contribution in [2.45, 2.75) is 33.1 Å². The van der Waals surface area contributed by atoms with Crippen LogP contribution in [0.4, 0.5) is 0 Å². The molecule has 0 unspecified atom stereocenters. The molecule has 0 aromatic carbocycles. The number of hydrogen-bond acceptors (Lipinski definition) is 3. The molecule has 3 N–H and O–H groups in total. The smallest absolute Gasteiger partial charge is 0.303 e. The van der Waals surface area contributed by atoms with E-state index in [1.165, 1.54) is 0 Å². The molecule has 0 radical (unpaired) electrons. The Morgan fingerprint density at radius 2 is 2.00 bits per heavy atom. The summed E-state index contributed by atoms with van der Waals surface area (Å²) >= 11 is 0. The van der Waals surface area contributed by atoms with Crippen molar-refractivity contribution < 1.29 is 14.7 Å². The van der Waals surface area contributed by atoms with Crippen LogP contribution >= 0.6 is 0 Å². The molecule has 0 aromatic heterocycles. The van der Waals surface area contributed by atoms with E-state index in [-0.39, 0.29) is 24.3 Å². The number of carboxylic acids is 1. The number of carbonyl (C=O) groups is 2. The molecule has 0 heterocycles. The number of hydrogen-bond donors (Lipinski definition) is 3. The van der Waals surface area contributed by atoms with Gasteiger partial charge in [-0.1, -0.05) is 19.8 Å². The summed E-state index contributed by atoms with van der Waals surface area (Å²) < 4.78 is 0. The SMILES string of the molecule is C#CCNCC(=O)NCCC(C)(C)CCC(=O)O. The Labute approximate surface area is 108 Å². The second-order valence-electron chi connectivity index (χ2n) is 4.97. The molecule has 5 nitrogen and oxygen atoms in total. The van der Waals surface area contributed by atoms with Crippen LogP contribution in [0.2, 0.25) is 0 Å². The molecule has 0 atom stereocenters. The number of rotatable bonds is 9. The van der Waals surface area contributed by atoms with Crippen LogP contribution in [-0.2, 0) is 9.59 Å². The zero-order valence-electron chi connectivity index (χ0n) is 11.1. The molecular weight excluding hydrogens is 232 g/mol. The van der Waals surface area contributed by atoms with Crippen molar-refractivity contribution in [1.82, 2.24) is 10.6 Å². The van der Waals surface area contributed by atoms with Crippen molar-refractivity contribution in [3.8, 4) is 12.3 Å². The fraction of sp³-hybridized carbons (Fsp3) is 0.692. The Balaban J connectivity index is 3.72. The minimum atomic E-state index is -0.786. The van der Waals surface area contributed by atoms with Crippen molar-refractivity contribution in [3.05, 3.63) is 0 Å². The van der Waals surface area contributed by atoms with Crippen LogP contribution in [-0.4, -0.2) is 36.6 Å². The molecular formula is C13H22N2O3. The maximum atomic E-state index is 11.3. The third kappa shape index (κ3) is 9.67. The highest BCUT2D eigenvalue weighted by Gasteiger charge is 2.19. The summed E-state index contributed by atoms with van der Waals surface area (Å²) in [6.45, 7) is 5.12. The highest BCUT2D eigenvalue weighted by atomic mass is 16.4. The molecule has 0 spiro atoms. The van der Waals surface area contributed by atoms with Crippen LogP contribution in [0.25, 0.3) is 0 Å². The molecule has 0 aromatic rings. The molecule has 0 fully saturated rings. The van der Waals surface area contributed by atoms with Crippen molar-refractivity contribution in [1.29, 1.82) is 0 Å². The van der Waals surface area contributed by atoms with Gasteiger partial charge in [0.25, 0.3) is 0 Å². The van der Waals surface area contributed by atoms with Crippen LogP contribution < -0.4 is 10.6 Å². The predicted molar refractivity (Wildman–Crippen MR) is 70.0 cm³/mol. The molecule has 5 heteroatoms. The highest BCUT2D eigenvalue weighted by molar-refractivity contribution is 5.77. The average Bonchev–Trinajstić information content (AvgIpc) is 2.27. The highest BCUT2D eigenvalue weighted by Crippen LogP contribution is 2.25. The van der Waals surface area contributed by atoms with Crippen molar-refractivity contribution in [2.24, 2.45) is 5.41 Å². The van der Waals surface area contributed by atoms with E-state index in [0.29, 0.717) is 19.5 Å². The summed E-state index contributed by atoms with van der Waals surface area (Å²) in [5.74, 6) is 1.50. The van der Waals surface area contributed by atoms with Crippen molar-refractivity contribution in [3.63, 3.8) is 0 Å². The fourth-order valence-corrected chi connectivity index (χ4v) is 1.42. The van der Waals surface area contributed by atoms with E-state index in [1.807, 2.05) is 13.8 Å². The molecule has 0 bridgehead atoms. The normalized spacial score (nSPS) is 10.7. The molecule has 102 valence electrons. The Morgan fingerprint density at radius 1 is 1.33 bits per heavy atom. The topological polar surface area (TPSA) is 78.4 Å². The lowest BCUT2D eigenvalue weighted by atomic mass is 9.84. The quantitative estimate of drug-likeness (QED) is 0.416. The number of carboxylic acid groups (broad SMARTS) is 1. The zero-order valence-corrected chi connectivity index (χ0v) is 11.1. The maximum Gasteiger partial charge on any atom is 0.303 e. The summed E-state index contributed by atoms with van der Waals surface area (Å²) in [4.78, 5) is 21.8. The van der Waals surface area contributed by atoms with Crippen LogP contribution in [0, 0.1) is 17.8 Å². The first kappa shape index (κ1) is 16.5. The standard InChI is InChI=1S/C13H22N2O3/c1-4-8-14-10-11(16)15-9-7-13(2,3)6-5-12(17)18/h1,14H,5-10H2,2-3H3,(H,15,16)(H,17,18). The first-order chi connectivity index (χ1) is 8.37. The van der Waals surface area contributed by atoms with Crippen LogP contribution in [0.15, 0.2) is 0 Å². The molecule has 0 saturated heterocycles. The van der Waals surface area contributed by atoms with E-state index in [1.54, 1.807) is 0 Å². The second kappa shape index (κ2) is 8.54. The largest absolute Gasteiger partial charge is 0.481 e. The minimum Gasteiger partial charge on any atom is -0.481 e. The van der Waals surface area contributed by atoms with Crippen LogP contribution in [0.5, 0.6) is 0 Å². The van der Waals surface area contributed by atoms with Gasteiger partial charge in [-0.3, -0.25) is 14.9 Å². The Kier molecular flexibility index (Phi) is 7.81. The predicted octanol–water partition coefficient (Wildman–Crippen LogP) is 0.606. The molecule has 1 amide bonds. The van der Waals surface area contributed by atoms with E-state index >= 15 is 0 Å². The third-order valence-corrected chi connectivity index (χ3v) is 2.65. The van der Waals surface area contributed by atoms with Gasteiger partial charge in [-0.25, -0.2) is 0 Å². The van der Waals surface area contributed by atoms with E-state index in [9.17, 15) is 9.59 Å². The zero-order chi connectivity index (χ0) is 14.0. The Hall–Kier alpha value is -1.54. The lowest BCUT2D eigenvalue weighted by Gasteiger charge is -2.23. The molecule has 0 aliphatic carbocycles. The Bertz CT molecular complexity index is 319. The minimum absolute atomic E-state index is 0.0854. The number of carbonyl (C=O) groups excluding carboxylic acids is 1. The van der Waals surface area contributed by atoms with Gasteiger partial charge in [-0.15, -0.1) is 6.42 Å². The molecule has 0 saturated carbocycles. The van der Waals surface area contributed by atoms with Crippen molar-refractivity contribution >= 4 is 11.9 Å². The van der Waals surface area contributed by atoms with Gasteiger partial charge < -0.3 is 10.4 Å². The van der Waals surface area contributed by atoms with Gasteiger partial charge in [-0.2, -0.15) is 0 Å². The average molecular weight is 254 g/mol. The van der Waals surface area contributed by atoms with Crippen LogP contribution in [0.1, 0.15) is 33.1 Å². The van der Waals surface area contributed by atoms with E-state index in [2.05, 4.69) is 16.6 Å². The number of terminal acetylenes is 1. The number of aliphatic carboxylic acids is 1. The fourth-order valence-electron chi connectivity index (χ4n) is 1.42. The molecule has 0 aliphatic heterocycles. The summed E-state index contributed by atoms with van der Waals surface area (Å²) in [5.41, 5.74) is -0.0854.